The van der Waals surface area contributed by atoms with Crippen LogP contribution in [0.15, 0.2) is 24.3 Å². The summed E-state index contributed by atoms with van der Waals surface area (Å²) >= 11 is 0. The fourth-order valence-corrected chi connectivity index (χ4v) is 4.07. The van der Waals surface area contributed by atoms with Crippen molar-refractivity contribution in [1.82, 2.24) is 4.90 Å². The molecule has 2 heterocycles. The van der Waals surface area contributed by atoms with E-state index in [2.05, 4.69) is 0 Å². The molecule has 142 valence electrons. The molecule has 1 aromatic rings. The van der Waals surface area contributed by atoms with Crippen LogP contribution in [0, 0.1) is 5.92 Å². The first kappa shape index (κ1) is 18.8. The smallest absolute Gasteiger partial charge is 0.410 e. The van der Waals surface area contributed by atoms with Crippen molar-refractivity contribution >= 4 is 11.9 Å². The predicted molar refractivity (Wildman–Crippen MR) is 93.3 cm³/mol. The van der Waals surface area contributed by atoms with Gasteiger partial charge in [0, 0.05) is 29.1 Å². The van der Waals surface area contributed by atoms with Crippen molar-refractivity contribution < 1.29 is 23.1 Å². The second-order valence-electron chi connectivity index (χ2n) is 8.23. The molecule has 0 radical (unpaired) electrons. The number of piperidine rings is 1. The van der Waals surface area contributed by atoms with E-state index in [4.69, 9.17) is 4.74 Å². The zero-order chi connectivity index (χ0) is 19.1. The summed E-state index contributed by atoms with van der Waals surface area (Å²) < 4.78 is 31.3. The van der Waals surface area contributed by atoms with Crippen LogP contribution in [0.4, 0.5) is 13.6 Å². The van der Waals surface area contributed by atoms with Gasteiger partial charge >= 0.3 is 6.09 Å². The Kier molecular flexibility index (Phi) is 5.04. The molecule has 2 saturated heterocycles. The van der Waals surface area contributed by atoms with Gasteiger partial charge in [0.2, 0.25) is 0 Å². The zero-order valence-corrected chi connectivity index (χ0v) is 15.4. The number of rotatable bonds is 3. The average Bonchev–Trinajstić information content (AvgIpc) is 2.83. The first-order valence-corrected chi connectivity index (χ1v) is 9.09. The van der Waals surface area contributed by atoms with Crippen LogP contribution in [0.5, 0.6) is 0 Å². The monoisotopic (exact) mass is 365 g/mol. The molecule has 2 bridgehead atoms. The first-order chi connectivity index (χ1) is 12.2. The predicted octanol–water partition coefficient (Wildman–Crippen LogP) is 4.99. The van der Waals surface area contributed by atoms with Gasteiger partial charge in [-0.15, -0.1) is 0 Å². The third kappa shape index (κ3) is 3.89. The quantitative estimate of drug-likeness (QED) is 0.709. The standard InChI is InChI=1S/C20H25F2NO3/c1-20(2,3)26-19(25)23-15-7-8-16(23)11-14(10-15)17(24)12-5-4-6-13(9-12)18(21)22/h4-6,9,14-16,18H,7-8,10-11H2,1-3H3. The average molecular weight is 365 g/mol. The van der Waals surface area contributed by atoms with E-state index in [1.165, 1.54) is 18.2 Å². The molecule has 0 aliphatic carbocycles. The molecule has 2 unspecified atom stereocenters. The normalized spacial score (nSPS) is 25.5. The van der Waals surface area contributed by atoms with Crippen molar-refractivity contribution in [2.24, 2.45) is 5.92 Å². The van der Waals surface area contributed by atoms with Crippen LogP contribution in [-0.2, 0) is 4.74 Å². The van der Waals surface area contributed by atoms with E-state index in [9.17, 15) is 18.4 Å². The minimum absolute atomic E-state index is 0.0177. The maximum Gasteiger partial charge on any atom is 0.410 e. The number of ether oxygens (including phenoxy) is 1. The number of alkyl halides is 2. The topological polar surface area (TPSA) is 46.6 Å². The molecule has 4 nitrogen and oxygen atoms in total. The molecule has 2 fully saturated rings. The van der Waals surface area contributed by atoms with Crippen molar-refractivity contribution in [3.8, 4) is 0 Å². The van der Waals surface area contributed by atoms with Gasteiger partial charge in [0.15, 0.2) is 5.78 Å². The van der Waals surface area contributed by atoms with Gasteiger partial charge in [-0.25, -0.2) is 13.6 Å². The fraction of sp³-hybridized carbons (Fsp3) is 0.600. The van der Waals surface area contributed by atoms with Gasteiger partial charge in [-0.05, 0) is 52.5 Å². The maximum absolute atomic E-state index is 12.9. The lowest BCUT2D eigenvalue weighted by Gasteiger charge is -2.39. The number of Topliss-reactive ketones (excluding diaryl/α,β-unsaturated/α-hetero) is 1. The molecule has 2 atom stereocenters. The SMILES string of the molecule is CC(C)(C)OC(=O)N1C2CCC1CC(C(=O)c1cccc(C(F)F)c1)C2. The van der Waals surface area contributed by atoms with Crippen LogP contribution >= 0.6 is 0 Å². The van der Waals surface area contributed by atoms with E-state index < -0.39 is 12.0 Å². The number of ketones is 1. The van der Waals surface area contributed by atoms with Crippen LogP contribution in [0.1, 0.15) is 68.8 Å². The lowest BCUT2D eigenvalue weighted by atomic mass is 9.84. The number of hydrogen-bond acceptors (Lipinski definition) is 3. The summed E-state index contributed by atoms with van der Waals surface area (Å²) in [6, 6.07) is 5.67. The number of hydrogen-bond donors (Lipinski definition) is 0. The number of nitrogens with zero attached hydrogens (tertiary/aromatic N) is 1. The summed E-state index contributed by atoms with van der Waals surface area (Å²) in [6.45, 7) is 5.50. The molecule has 26 heavy (non-hydrogen) atoms. The summed E-state index contributed by atoms with van der Waals surface area (Å²) in [5, 5.41) is 0. The first-order valence-electron chi connectivity index (χ1n) is 9.09. The molecule has 0 saturated carbocycles. The highest BCUT2D eigenvalue weighted by atomic mass is 19.3. The Balaban J connectivity index is 1.71. The van der Waals surface area contributed by atoms with Gasteiger partial charge in [-0.3, -0.25) is 4.79 Å². The van der Waals surface area contributed by atoms with Crippen LogP contribution in [0.2, 0.25) is 0 Å². The van der Waals surface area contributed by atoms with Crippen LogP contribution in [-0.4, -0.2) is 34.5 Å². The maximum atomic E-state index is 12.9. The van der Waals surface area contributed by atoms with Crippen molar-refractivity contribution in [2.75, 3.05) is 0 Å². The second-order valence-corrected chi connectivity index (χ2v) is 8.23. The highest BCUT2D eigenvalue weighted by Crippen LogP contribution is 2.40. The summed E-state index contributed by atoms with van der Waals surface area (Å²) in [5.74, 6) is -0.340. The minimum Gasteiger partial charge on any atom is -0.444 e. The number of fused-ring (bicyclic) bond motifs is 2. The van der Waals surface area contributed by atoms with E-state index in [-0.39, 0.29) is 35.4 Å². The van der Waals surface area contributed by atoms with Gasteiger partial charge in [-0.2, -0.15) is 0 Å². The van der Waals surface area contributed by atoms with E-state index in [1.54, 1.807) is 11.0 Å². The van der Waals surface area contributed by atoms with Gasteiger partial charge in [0.25, 0.3) is 6.43 Å². The minimum atomic E-state index is -2.59. The van der Waals surface area contributed by atoms with E-state index in [0.29, 0.717) is 18.4 Å². The van der Waals surface area contributed by atoms with Crippen molar-refractivity contribution in [3.05, 3.63) is 35.4 Å². The van der Waals surface area contributed by atoms with Crippen LogP contribution in [0.3, 0.4) is 0 Å². The molecule has 0 N–H and O–H groups in total. The van der Waals surface area contributed by atoms with Crippen molar-refractivity contribution in [1.29, 1.82) is 0 Å². The van der Waals surface area contributed by atoms with Gasteiger partial charge in [0.1, 0.15) is 5.60 Å². The lowest BCUT2D eigenvalue weighted by Crippen LogP contribution is -2.49. The van der Waals surface area contributed by atoms with Crippen LogP contribution in [0.25, 0.3) is 0 Å². The van der Waals surface area contributed by atoms with Gasteiger partial charge in [0.05, 0.1) is 0 Å². The molecule has 1 amide bonds. The third-order valence-electron chi connectivity index (χ3n) is 5.13. The Labute approximate surface area is 152 Å². The third-order valence-corrected chi connectivity index (χ3v) is 5.13. The fourth-order valence-electron chi connectivity index (χ4n) is 4.07. The van der Waals surface area contributed by atoms with Gasteiger partial charge in [-0.1, -0.05) is 18.2 Å². The summed E-state index contributed by atoms with van der Waals surface area (Å²) in [4.78, 5) is 27.1. The molecular weight excluding hydrogens is 340 g/mol. The van der Waals surface area contributed by atoms with E-state index >= 15 is 0 Å². The molecule has 2 aliphatic rings. The zero-order valence-electron chi connectivity index (χ0n) is 15.4. The highest BCUT2D eigenvalue weighted by molar-refractivity contribution is 5.98. The summed E-state index contributed by atoms with van der Waals surface area (Å²) in [7, 11) is 0. The second kappa shape index (κ2) is 6.97. The largest absolute Gasteiger partial charge is 0.444 e. The molecule has 0 spiro atoms. The lowest BCUT2D eigenvalue weighted by molar-refractivity contribution is 0.00253. The Hall–Kier alpha value is -1.98. The summed E-state index contributed by atoms with van der Waals surface area (Å²) in [5.41, 5.74) is -0.359. The van der Waals surface area contributed by atoms with Gasteiger partial charge < -0.3 is 9.64 Å². The molecule has 6 heteroatoms. The van der Waals surface area contributed by atoms with Crippen molar-refractivity contribution in [2.45, 2.75) is 70.6 Å². The molecule has 2 aliphatic heterocycles. The molecule has 0 aromatic heterocycles. The Morgan fingerprint density at radius 2 is 1.77 bits per heavy atom. The Morgan fingerprint density at radius 3 is 2.31 bits per heavy atom. The number of benzene rings is 1. The van der Waals surface area contributed by atoms with Crippen LogP contribution < -0.4 is 0 Å². The number of amides is 1. The molecule has 3 rings (SSSR count). The highest BCUT2D eigenvalue weighted by Gasteiger charge is 2.46. The number of carbonyl (C=O) groups excluding carboxylic acids is 2. The Morgan fingerprint density at radius 1 is 1.15 bits per heavy atom. The number of carbonyl (C=O) groups is 2. The van der Waals surface area contributed by atoms with E-state index in [1.807, 2.05) is 20.8 Å². The molecular formula is C20H25F2NO3. The molecule has 1 aromatic carbocycles. The summed E-state index contributed by atoms with van der Waals surface area (Å²) in [6.07, 6.45) is -0.0835. The number of halogens is 2. The Bertz CT molecular complexity index is 685. The van der Waals surface area contributed by atoms with Crippen molar-refractivity contribution in [3.63, 3.8) is 0 Å². The van der Waals surface area contributed by atoms with E-state index in [0.717, 1.165) is 12.8 Å².